The van der Waals surface area contributed by atoms with Crippen molar-refractivity contribution in [1.82, 2.24) is 15.0 Å². The van der Waals surface area contributed by atoms with E-state index >= 15 is 0 Å². The number of aryl methyl sites for hydroxylation is 1. The molecule has 0 spiro atoms. The predicted octanol–water partition coefficient (Wildman–Crippen LogP) is 1.01. The van der Waals surface area contributed by atoms with Crippen molar-refractivity contribution in [3.05, 3.63) is 11.9 Å². The number of rotatable bonds is 4. The van der Waals surface area contributed by atoms with Crippen LogP contribution in [0.4, 0.5) is 0 Å². The van der Waals surface area contributed by atoms with E-state index in [-0.39, 0.29) is 6.10 Å². The van der Waals surface area contributed by atoms with Crippen LogP contribution in [0.5, 0.6) is 0 Å². The fourth-order valence-corrected chi connectivity index (χ4v) is 0.886. The Balaban J connectivity index is 2.24. The van der Waals surface area contributed by atoms with Crippen LogP contribution in [0.2, 0.25) is 0 Å². The van der Waals surface area contributed by atoms with Gasteiger partial charge in [0.1, 0.15) is 0 Å². The normalized spacial score (nSPS) is 11.0. The molecule has 0 N–H and O–H groups in total. The van der Waals surface area contributed by atoms with Crippen LogP contribution in [0, 0.1) is 6.92 Å². The van der Waals surface area contributed by atoms with Gasteiger partial charge in [0.25, 0.3) is 0 Å². The Morgan fingerprint density at radius 1 is 1.58 bits per heavy atom. The molecule has 0 radical (unpaired) electrons. The van der Waals surface area contributed by atoms with E-state index in [1.54, 1.807) is 4.68 Å². The summed E-state index contributed by atoms with van der Waals surface area (Å²) in [6.07, 6.45) is 2.19. The molecular formula is C8H15N3O. The average Bonchev–Trinajstić information content (AvgIpc) is 2.35. The molecule has 4 nitrogen and oxygen atoms in total. The van der Waals surface area contributed by atoms with Gasteiger partial charge >= 0.3 is 0 Å². The van der Waals surface area contributed by atoms with Crippen LogP contribution in [0.15, 0.2) is 6.20 Å². The zero-order chi connectivity index (χ0) is 8.97. The van der Waals surface area contributed by atoms with Crippen LogP contribution in [0.1, 0.15) is 19.5 Å². The summed E-state index contributed by atoms with van der Waals surface area (Å²) >= 11 is 0. The minimum atomic E-state index is 0.287. The Kier molecular flexibility index (Phi) is 3.22. The van der Waals surface area contributed by atoms with Gasteiger partial charge in [0.05, 0.1) is 24.9 Å². The van der Waals surface area contributed by atoms with Gasteiger partial charge in [-0.2, -0.15) is 0 Å². The van der Waals surface area contributed by atoms with E-state index in [0.717, 1.165) is 12.2 Å². The standard InChI is InChI=1S/C8H15N3O/c1-7(2)12-5-4-11-6-8(3)9-10-11/h6-7H,4-5H2,1-3H3. The van der Waals surface area contributed by atoms with Gasteiger partial charge in [0, 0.05) is 6.20 Å². The smallest absolute Gasteiger partial charge is 0.0796 e. The number of aromatic nitrogens is 3. The molecule has 0 fully saturated rings. The molecule has 0 saturated heterocycles. The molecule has 12 heavy (non-hydrogen) atoms. The van der Waals surface area contributed by atoms with Crippen molar-refractivity contribution < 1.29 is 4.74 Å². The first-order chi connectivity index (χ1) is 5.68. The maximum absolute atomic E-state index is 5.37. The minimum Gasteiger partial charge on any atom is -0.377 e. The molecule has 1 heterocycles. The number of hydrogen-bond acceptors (Lipinski definition) is 3. The molecule has 0 aliphatic rings. The molecule has 0 bridgehead atoms. The number of nitrogens with zero attached hydrogens (tertiary/aromatic N) is 3. The fraction of sp³-hybridized carbons (Fsp3) is 0.750. The average molecular weight is 169 g/mol. The molecule has 1 rings (SSSR count). The van der Waals surface area contributed by atoms with Crippen molar-refractivity contribution in [1.29, 1.82) is 0 Å². The van der Waals surface area contributed by atoms with Gasteiger partial charge in [-0.05, 0) is 20.8 Å². The highest BCUT2D eigenvalue weighted by Crippen LogP contribution is 1.92. The van der Waals surface area contributed by atoms with Gasteiger partial charge in [-0.15, -0.1) is 5.10 Å². The van der Waals surface area contributed by atoms with Crippen LogP contribution in [-0.2, 0) is 11.3 Å². The lowest BCUT2D eigenvalue weighted by molar-refractivity contribution is 0.0707. The van der Waals surface area contributed by atoms with Crippen LogP contribution >= 0.6 is 0 Å². The van der Waals surface area contributed by atoms with Crippen molar-refractivity contribution in [2.45, 2.75) is 33.4 Å². The summed E-state index contributed by atoms with van der Waals surface area (Å²) in [5.74, 6) is 0. The monoisotopic (exact) mass is 169 g/mol. The largest absolute Gasteiger partial charge is 0.377 e. The lowest BCUT2D eigenvalue weighted by Gasteiger charge is -2.06. The van der Waals surface area contributed by atoms with Crippen LogP contribution < -0.4 is 0 Å². The van der Waals surface area contributed by atoms with Crippen LogP contribution in [-0.4, -0.2) is 27.7 Å². The van der Waals surface area contributed by atoms with E-state index in [0.29, 0.717) is 6.61 Å². The molecule has 0 atom stereocenters. The quantitative estimate of drug-likeness (QED) is 0.675. The Bertz CT molecular complexity index is 232. The maximum atomic E-state index is 5.37. The zero-order valence-corrected chi connectivity index (χ0v) is 7.82. The second-order valence-corrected chi connectivity index (χ2v) is 3.04. The molecule has 68 valence electrons. The van der Waals surface area contributed by atoms with Crippen LogP contribution in [0.3, 0.4) is 0 Å². The summed E-state index contributed by atoms with van der Waals surface area (Å²) < 4.78 is 7.16. The predicted molar refractivity (Wildman–Crippen MR) is 45.8 cm³/mol. The summed E-state index contributed by atoms with van der Waals surface area (Å²) in [4.78, 5) is 0. The van der Waals surface area contributed by atoms with Crippen molar-refractivity contribution in [3.63, 3.8) is 0 Å². The molecule has 1 aromatic heterocycles. The molecule has 0 unspecified atom stereocenters. The van der Waals surface area contributed by atoms with E-state index in [1.165, 1.54) is 0 Å². The molecule has 4 heteroatoms. The van der Waals surface area contributed by atoms with Crippen molar-refractivity contribution in [2.24, 2.45) is 0 Å². The maximum Gasteiger partial charge on any atom is 0.0796 e. The Hall–Kier alpha value is -0.900. The molecular weight excluding hydrogens is 154 g/mol. The van der Waals surface area contributed by atoms with E-state index in [9.17, 15) is 0 Å². The first kappa shape index (κ1) is 9.19. The summed E-state index contributed by atoms with van der Waals surface area (Å²) in [5, 5.41) is 7.77. The molecule has 0 aliphatic carbocycles. The Morgan fingerprint density at radius 2 is 2.33 bits per heavy atom. The Labute approximate surface area is 72.5 Å². The van der Waals surface area contributed by atoms with Gasteiger partial charge in [-0.25, -0.2) is 4.68 Å². The van der Waals surface area contributed by atoms with Gasteiger partial charge < -0.3 is 4.74 Å². The molecule has 0 aliphatic heterocycles. The molecule has 0 amide bonds. The second kappa shape index (κ2) is 4.21. The van der Waals surface area contributed by atoms with Crippen LogP contribution in [0.25, 0.3) is 0 Å². The van der Waals surface area contributed by atoms with E-state index < -0.39 is 0 Å². The summed E-state index contributed by atoms with van der Waals surface area (Å²) in [7, 11) is 0. The number of hydrogen-bond donors (Lipinski definition) is 0. The van der Waals surface area contributed by atoms with Gasteiger partial charge in [-0.1, -0.05) is 5.21 Å². The van der Waals surface area contributed by atoms with Gasteiger partial charge in [-0.3, -0.25) is 0 Å². The summed E-state index contributed by atoms with van der Waals surface area (Å²) in [6.45, 7) is 7.44. The summed E-state index contributed by atoms with van der Waals surface area (Å²) in [5.41, 5.74) is 0.944. The first-order valence-corrected chi connectivity index (χ1v) is 4.17. The minimum absolute atomic E-state index is 0.287. The van der Waals surface area contributed by atoms with Gasteiger partial charge in [0.2, 0.25) is 0 Å². The van der Waals surface area contributed by atoms with Crippen molar-refractivity contribution in [2.75, 3.05) is 6.61 Å². The van der Waals surface area contributed by atoms with Gasteiger partial charge in [0.15, 0.2) is 0 Å². The third-order valence-electron chi connectivity index (χ3n) is 1.42. The van der Waals surface area contributed by atoms with Crippen molar-refractivity contribution >= 4 is 0 Å². The van der Waals surface area contributed by atoms with E-state index in [1.807, 2.05) is 27.0 Å². The number of ether oxygens (including phenoxy) is 1. The Morgan fingerprint density at radius 3 is 2.83 bits per heavy atom. The second-order valence-electron chi connectivity index (χ2n) is 3.04. The third-order valence-corrected chi connectivity index (χ3v) is 1.42. The highest BCUT2D eigenvalue weighted by molar-refractivity contribution is 4.86. The topological polar surface area (TPSA) is 39.9 Å². The third kappa shape index (κ3) is 3.00. The zero-order valence-electron chi connectivity index (χ0n) is 7.82. The molecule has 0 aromatic carbocycles. The molecule has 0 saturated carbocycles. The highest BCUT2D eigenvalue weighted by atomic mass is 16.5. The van der Waals surface area contributed by atoms with Crippen molar-refractivity contribution in [3.8, 4) is 0 Å². The van der Waals surface area contributed by atoms with E-state index in [4.69, 9.17) is 4.74 Å². The SMILES string of the molecule is Cc1cn(CCOC(C)C)nn1. The highest BCUT2D eigenvalue weighted by Gasteiger charge is 1.96. The lowest BCUT2D eigenvalue weighted by Crippen LogP contribution is -2.10. The fourth-order valence-electron chi connectivity index (χ4n) is 0.886. The lowest BCUT2D eigenvalue weighted by atomic mass is 10.5. The molecule has 1 aromatic rings. The summed E-state index contributed by atoms with van der Waals surface area (Å²) in [6, 6.07) is 0. The first-order valence-electron chi connectivity index (χ1n) is 4.17. The van der Waals surface area contributed by atoms with E-state index in [2.05, 4.69) is 10.3 Å².